The molecular weight excluding hydrogens is 398 g/mol. The summed E-state index contributed by atoms with van der Waals surface area (Å²) < 4.78 is 25.9. The van der Waals surface area contributed by atoms with Gasteiger partial charge in [0.05, 0.1) is 18.3 Å². The molecule has 0 aromatic heterocycles. The van der Waals surface area contributed by atoms with E-state index in [2.05, 4.69) is 50.2 Å². The first-order valence-corrected chi connectivity index (χ1v) is 13.3. The maximum atomic E-state index is 14.1. The van der Waals surface area contributed by atoms with Crippen molar-refractivity contribution in [1.82, 2.24) is 0 Å². The van der Waals surface area contributed by atoms with Crippen LogP contribution in [0.25, 0.3) is 10.9 Å². The Morgan fingerprint density at radius 2 is 1.45 bits per heavy atom. The van der Waals surface area contributed by atoms with E-state index in [1.54, 1.807) is 0 Å². The molecule has 0 aliphatic carbocycles. The molecule has 0 fully saturated rings. The summed E-state index contributed by atoms with van der Waals surface area (Å²) in [5.41, 5.74) is 4.74. The summed E-state index contributed by atoms with van der Waals surface area (Å²) in [6, 6.07) is 20.9. The number of allylic oxidation sites excluding steroid dienone is 2. The first kappa shape index (κ1) is 20.8. The molecule has 2 aliphatic heterocycles. The summed E-state index contributed by atoms with van der Waals surface area (Å²) in [5, 5.41) is 2.27. The molecule has 0 saturated heterocycles. The zero-order valence-corrected chi connectivity index (χ0v) is 19.3. The van der Waals surface area contributed by atoms with E-state index in [9.17, 15) is 4.57 Å². The molecule has 3 nitrogen and oxygen atoms in total. The first-order chi connectivity index (χ1) is 14.0. The van der Waals surface area contributed by atoms with Crippen LogP contribution in [-0.4, -0.2) is 19.4 Å². The van der Waals surface area contributed by atoms with Crippen molar-refractivity contribution in [2.75, 3.05) is 19.4 Å². The Morgan fingerprint density at radius 3 is 1.97 bits per heavy atom. The third-order valence-corrected chi connectivity index (χ3v) is 12.1. The fourth-order valence-electron chi connectivity index (χ4n) is 4.61. The molecule has 2 heterocycles. The van der Waals surface area contributed by atoms with Crippen LogP contribution >= 0.6 is 15.5 Å². The second kappa shape index (κ2) is 7.97. The van der Waals surface area contributed by atoms with Gasteiger partial charge in [-0.3, -0.25) is 4.57 Å². The van der Waals surface area contributed by atoms with Crippen LogP contribution in [0.1, 0.15) is 38.8 Å². The van der Waals surface area contributed by atoms with Gasteiger partial charge in [-0.2, -0.15) is 0 Å². The van der Waals surface area contributed by atoms with E-state index in [1.165, 1.54) is 16.5 Å². The van der Waals surface area contributed by atoms with Crippen LogP contribution in [0.5, 0.6) is 0 Å². The van der Waals surface area contributed by atoms with Crippen LogP contribution in [0.2, 0.25) is 0 Å². The van der Waals surface area contributed by atoms with Crippen molar-refractivity contribution >= 4 is 26.4 Å². The smallest absolute Gasteiger partial charge is 0.305 e. The summed E-state index contributed by atoms with van der Waals surface area (Å²) >= 11 is 0. The summed E-state index contributed by atoms with van der Waals surface area (Å²) in [7, 11) is -4.17. The Labute approximate surface area is 175 Å². The number of hydrogen-bond acceptors (Lipinski definition) is 3. The molecule has 2 atom stereocenters. The standard InChI is InChI=1S/C24H28O3P2/c1-5-26-29(25,27-6-2)23-21(19-13-9-7-10-14-19)24(4)17-28(23)22(18(24)3)20-15-11-8-12-16-20/h7-16H,5-6,17H2,1-4H3/t24-,28?/m1/s1. The molecule has 2 bridgehead atoms. The Morgan fingerprint density at radius 1 is 0.931 bits per heavy atom. The van der Waals surface area contributed by atoms with Gasteiger partial charge in [0.1, 0.15) is 0 Å². The number of rotatable bonds is 7. The highest BCUT2D eigenvalue weighted by Gasteiger charge is 2.57. The second-order valence-electron chi connectivity index (χ2n) is 7.66. The van der Waals surface area contributed by atoms with Gasteiger partial charge in [-0.25, -0.2) is 0 Å². The number of hydrogen-bond donors (Lipinski definition) is 0. The Hall–Kier alpha value is -1.50. The third-order valence-electron chi connectivity index (χ3n) is 5.93. The van der Waals surface area contributed by atoms with Crippen LogP contribution < -0.4 is 0 Å². The molecule has 5 heteroatoms. The molecule has 0 N–H and O–H groups in total. The normalized spacial score (nSPS) is 23.9. The zero-order valence-electron chi connectivity index (χ0n) is 17.5. The summed E-state index contributed by atoms with van der Waals surface area (Å²) in [6.07, 6.45) is 0.974. The lowest BCUT2D eigenvalue weighted by molar-refractivity contribution is 0.228. The Bertz CT molecular complexity index is 1000. The van der Waals surface area contributed by atoms with Gasteiger partial charge in [0.25, 0.3) is 0 Å². The van der Waals surface area contributed by atoms with Crippen molar-refractivity contribution in [3.05, 3.63) is 82.4 Å². The molecule has 2 aromatic rings. The lowest BCUT2D eigenvalue weighted by atomic mass is 9.75. The van der Waals surface area contributed by atoms with Crippen molar-refractivity contribution in [1.29, 1.82) is 0 Å². The maximum Gasteiger partial charge on any atom is 0.362 e. The van der Waals surface area contributed by atoms with E-state index in [0.717, 1.165) is 22.4 Å². The van der Waals surface area contributed by atoms with E-state index >= 15 is 0 Å². The molecule has 0 saturated carbocycles. The van der Waals surface area contributed by atoms with Crippen molar-refractivity contribution in [2.24, 2.45) is 5.41 Å². The Balaban J connectivity index is 1.97. The largest absolute Gasteiger partial charge is 0.362 e. The molecule has 4 rings (SSSR count). The highest BCUT2D eigenvalue weighted by Crippen LogP contribution is 2.86. The minimum Gasteiger partial charge on any atom is -0.305 e. The van der Waals surface area contributed by atoms with Gasteiger partial charge < -0.3 is 9.05 Å². The molecule has 2 aliphatic rings. The van der Waals surface area contributed by atoms with Gasteiger partial charge in [-0.05, 0) is 56.9 Å². The second-order valence-corrected chi connectivity index (χ2v) is 12.0. The molecule has 0 amide bonds. The van der Waals surface area contributed by atoms with E-state index < -0.39 is 15.5 Å². The predicted octanol–water partition coefficient (Wildman–Crippen LogP) is 7.57. The van der Waals surface area contributed by atoms with Gasteiger partial charge in [-0.1, -0.05) is 73.2 Å². The van der Waals surface area contributed by atoms with Gasteiger partial charge in [0, 0.05) is 5.41 Å². The number of fused-ring (bicyclic) bond motifs is 2. The average Bonchev–Trinajstić information content (AvgIpc) is 3.17. The zero-order chi connectivity index (χ0) is 20.6. The molecule has 1 unspecified atom stereocenters. The molecule has 152 valence electrons. The molecule has 29 heavy (non-hydrogen) atoms. The molecular formula is C24H28O3P2. The van der Waals surface area contributed by atoms with Crippen LogP contribution in [0, 0.1) is 5.41 Å². The minimum atomic E-state index is -3.38. The molecule has 0 spiro atoms. The van der Waals surface area contributed by atoms with Gasteiger partial charge >= 0.3 is 7.60 Å². The lowest BCUT2D eigenvalue weighted by Gasteiger charge is -2.33. The highest BCUT2D eigenvalue weighted by molar-refractivity contribution is 7.87. The van der Waals surface area contributed by atoms with Gasteiger partial charge in [0.2, 0.25) is 0 Å². The predicted molar refractivity (Wildman–Crippen MR) is 123 cm³/mol. The van der Waals surface area contributed by atoms with E-state index in [1.807, 2.05) is 38.1 Å². The third kappa shape index (κ3) is 3.29. The van der Waals surface area contributed by atoms with Crippen LogP contribution in [0.3, 0.4) is 0 Å². The number of benzene rings is 2. The quantitative estimate of drug-likeness (QED) is 0.428. The SMILES string of the molecule is CCOP(=O)(OCC)C1=C(c2ccccc2)[C@]2(C)CP1C(c1ccccc1)=C2C. The Kier molecular flexibility index (Phi) is 5.70. The summed E-state index contributed by atoms with van der Waals surface area (Å²) in [6.45, 7) is 9.05. The van der Waals surface area contributed by atoms with Crippen LogP contribution in [0.4, 0.5) is 0 Å². The molecule has 0 radical (unpaired) electrons. The lowest BCUT2D eigenvalue weighted by Crippen LogP contribution is -2.19. The average molecular weight is 426 g/mol. The fourth-order valence-corrected chi connectivity index (χ4v) is 11.6. The summed E-state index contributed by atoms with van der Waals surface area (Å²) in [5.74, 6) is 0. The first-order valence-electron chi connectivity index (χ1n) is 10.2. The van der Waals surface area contributed by atoms with Crippen molar-refractivity contribution < 1.29 is 13.6 Å². The van der Waals surface area contributed by atoms with Gasteiger partial charge in [-0.15, -0.1) is 0 Å². The highest BCUT2D eigenvalue weighted by atomic mass is 31.2. The monoisotopic (exact) mass is 426 g/mol. The topological polar surface area (TPSA) is 35.5 Å². The van der Waals surface area contributed by atoms with E-state index in [4.69, 9.17) is 9.05 Å². The van der Waals surface area contributed by atoms with Crippen molar-refractivity contribution in [3.63, 3.8) is 0 Å². The van der Waals surface area contributed by atoms with Crippen molar-refractivity contribution in [3.8, 4) is 0 Å². The van der Waals surface area contributed by atoms with Gasteiger partial charge in [0.15, 0.2) is 0 Å². The van der Waals surface area contributed by atoms with E-state index in [-0.39, 0.29) is 5.41 Å². The van der Waals surface area contributed by atoms with E-state index in [0.29, 0.717) is 13.2 Å². The maximum absolute atomic E-state index is 14.1. The van der Waals surface area contributed by atoms with Crippen LogP contribution in [0.15, 0.2) is 71.3 Å². The molecule has 2 aromatic carbocycles. The van der Waals surface area contributed by atoms with Crippen LogP contribution in [-0.2, 0) is 13.6 Å². The summed E-state index contributed by atoms with van der Waals surface area (Å²) in [4.78, 5) is 0. The van der Waals surface area contributed by atoms with Crippen molar-refractivity contribution in [2.45, 2.75) is 27.7 Å². The minimum absolute atomic E-state index is 0.155. The fraction of sp³-hybridized carbons (Fsp3) is 0.333.